The van der Waals surface area contributed by atoms with E-state index >= 15 is 0 Å². The van der Waals surface area contributed by atoms with E-state index in [-0.39, 0.29) is 22.0 Å². The molecular formula is C26H27N9O6S2. The lowest BCUT2D eigenvalue weighted by atomic mass is 10.2. The molecule has 1 aliphatic rings. The van der Waals surface area contributed by atoms with Gasteiger partial charge in [-0.2, -0.15) is 9.97 Å². The molecule has 3 N–H and O–H groups in total. The Morgan fingerprint density at radius 3 is 2.49 bits per heavy atom. The molecule has 17 heteroatoms. The van der Waals surface area contributed by atoms with Crippen LogP contribution < -0.4 is 30.2 Å². The summed E-state index contributed by atoms with van der Waals surface area (Å²) in [5.74, 6) is -1.01. The first kappa shape index (κ1) is 29.7. The van der Waals surface area contributed by atoms with E-state index in [0.29, 0.717) is 55.1 Å². The van der Waals surface area contributed by atoms with Crippen molar-refractivity contribution in [2.75, 3.05) is 43.3 Å². The molecule has 0 radical (unpaired) electrons. The summed E-state index contributed by atoms with van der Waals surface area (Å²) in [5, 5.41) is 15.1. The summed E-state index contributed by atoms with van der Waals surface area (Å²) in [6.07, 6.45) is 5.36. The molecule has 15 nitrogen and oxygen atoms in total. The van der Waals surface area contributed by atoms with Crippen LogP contribution in [-0.2, 0) is 16.6 Å². The van der Waals surface area contributed by atoms with E-state index in [1.54, 1.807) is 16.7 Å². The number of fused-ring (bicyclic) bond motifs is 1. The second-order valence-electron chi connectivity index (χ2n) is 9.44. The van der Waals surface area contributed by atoms with E-state index in [0.717, 1.165) is 4.90 Å². The minimum atomic E-state index is -3.94. The van der Waals surface area contributed by atoms with Gasteiger partial charge < -0.3 is 29.4 Å². The molecule has 5 rings (SSSR count). The number of aryl methyl sites for hydroxylation is 1. The number of pyridine rings is 1. The van der Waals surface area contributed by atoms with Gasteiger partial charge in [-0.15, -0.1) is 0 Å². The van der Waals surface area contributed by atoms with Crippen molar-refractivity contribution in [1.29, 1.82) is 0 Å². The number of sulfonamides is 1. The average Bonchev–Trinajstić information content (AvgIpc) is 3.01. The number of hydrogen-bond donors (Lipinski definition) is 3. The molecule has 0 saturated carbocycles. The van der Waals surface area contributed by atoms with E-state index in [9.17, 15) is 23.1 Å². The summed E-state index contributed by atoms with van der Waals surface area (Å²) in [4.78, 5) is 43.8. The minimum absolute atomic E-state index is 0.0201. The molecule has 4 aromatic rings. The second-order valence-corrected chi connectivity index (χ2v) is 11.5. The normalized spacial score (nSPS) is 14.0. The highest BCUT2D eigenvalue weighted by atomic mass is 32.2. The highest BCUT2D eigenvalue weighted by molar-refractivity contribution is 7.92. The quantitative estimate of drug-likeness (QED) is 0.203. The van der Waals surface area contributed by atoms with Gasteiger partial charge in [-0.1, -0.05) is 0 Å². The van der Waals surface area contributed by atoms with Crippen molar-refractivity contribution < 1.29 is 28.0 Å². The molecule has 43 heavy (non-hydrogen) atoms. The van der Waals surface area contributed by atoms with Crippen LogP contribution >= 0.6 is 12.2 Å². The predicted octanol–water partition coefficient (Wildman–Crippen LogP) is -0.997. The minimum Gasteiger partial charge on any atom is -0.545 e. The maximum atomic E-state index is 12.8. The van der Waals surface area contributed by atoms with Gasteiger partial charge in [-0.25, -0.2) is 18.4 Å². The SMILES string of the molecule is CCn1cc(C(=O)[O-])c(=O)c2cnc([NH+]3CCN(C(=S)Nc4ccc(S(=O)(=O)Nc5nccnc5OC)cc4)CC3)nc21. The Kier molecular flexibility index (Phi) is 8.47. The molecule has 0 aliphatic carbocycles. The molecule has 1 fully saturated rings. The van der Waals surface area contributed by atoms with Crippen LogP contribution in [-0.4, -0.2) is 82.2 Å². The first-order chi connectivity index (χ1) is 20.6. The van der Waals surface area contributed by atoms with Gasteiger partial charge in [-0.05, 0) is 43.4 Å². The van der Waals surface area contributed by atoms with Crippen molar-refractivity contribution in [3.8, 4) is 5.88 Å². The molecule has 0 spiro atoms. The fraction of sp³-hybridized carbons (Fsp3) is 0.269. The number of piperazine rings is 1. The number of aromatic carboxylic acids is 1. The van der Waals surface area contributed by atoms with Crippen LogP contribution in [0.15, 0.2) is 58.7 Å². The van der Waals surface area contributed by atoms with E-state index in [1.165, 1.54) is 44.0 Å². The van der Waals surface area contributed by atoms with E-state index in [4.69, 9.17) is 17.0 Å². The number of carboxylic acids is 1. The van der Waals surface area contributed by atoms with Gasteiger partial charge >= 0.3 is 5.95 Å². The Labute approximate surface area is 251 Å². The second kappa shape index (κ2) is 12.2. The largest absolute Gasteiger partial charge is 0.545 e. The van der Waals surface area contributed by atoms with Crippen LogP contribution in [0.5, 0.6) is 5.88 Å². The number of methoxy groups -OCH3 is 1. The van der Waals surface area contributed by atoms with Crippen LogP contribution in [0.2, 0.25) is 0 Å². The van der Waals surface area contributed by atoms with Crippen molar-refractivity contribution in [3.63, 3.8) is 0 Å². The van der Waals surface area contributed by atoms with Gasteiger partial charge in [0.15, 0.2) is 10.8 Å². The Morgan fingerprint density at radius 1 is 1.14 bits per heavy atom. The first-order valence-electron chi connectivity index (χ1n) is 13.1. The Balaban J connectivity index is 1.22. The van der Waals surface area contributed by atoms with E-state index < -0.39 is 27.0 Å². The Bertz CT molecular complexity index is 1860. The predicted molar refractivity (Wildman–Crippen MR) is 158 cm³/mol. The molecule has 0 bridgehead atoms. The monoisotopic (exact) mass is 625 g/mol. The number of nitrogens with zero attached hydrogens (tertiary/aromatic N) is 6. The highest BCUT2D eigenvalue weighted by Crippen LogP contribution is 2.22. The molecule has 0 unspecified atom stereocenters. The summed E-state index contributed by atoms with van der Waals surface area (Å²) in [6.45, 7) is 4.65. The Hall–Kier alpha value is -4.74. The number of thiocarbonyl (C=S) groups is 1. The van der Waals surface area contributed by atoms with Crippen LogP contribution in [0.1, 0.15) is 17.3 Å². The van der Waals surface area contributed by atoms with Crippen LogP contribution in [0.3, 0.4) is 0 Å². The van der Waals surface area contributed by atoms with Crippen molar-refractivity contribution in [2.24, 2.45) is 0 Å². The van der Waals surface area contributed by atoms with E-state index in [2.05, 4.69) is 30.0 Å². The maximum Gasteiger partial charge on any atom is 0.329 e. The van der Waals surface area contributed by atoms with Gasteiger partial charge in [0.2, 0.25) is 11.2 Å². The molecule has 1 saturated heterocycles. The topological polar surface area (TPSA) is 189 Å². The summed E-state index contributed by atoms with van der Waals surface area (Å²) in [7, 11) is -2.57. The lowest BCUT2D eigenvalue weighted by Crippen LogP contribution is -3.11. The number of anilines is 2. The number of quaternary nitrogens is 1. The standard InChI is InChI=1S/C26H27N9O6S2/c1-3-33-15-19(24(37)38)20(36)18-14-29-25(31-22(18)33)34-10-12-35(13-11-34)26(42)30-16-4-6-17(7-5-16)43(39,40)32-21-23(41-2)28-9-8-27-21/h4-9,14-15H,3,10-13H2,1-2H3,(H,27,32)(H,30,42)(H,37,38). The number of ether oxygens (including phenoxy) is 1. The molecule has 1 aliphatic heterocycles. The molecule has 4 heterocycles. The summed E-state index contributed by atoms with van der Waals surface area (Å²) < 4.78 is 34.7. The van der Waals surface area contributed by atoms with Crippen LogP contribution in [0, 0.1) is 0 Å². The van der Waals surface area contributed by atoms with Crippen molar-refractivity contribution in [3.05, 3.63) is 64.8 Å². The Morgan fingerprint density at radius 2 is 1.84 bits per heavy atom. The third-order valence-corrected chi connectivity index (χ3v) is 8.57. The van der Waals surface area contributed by atoms with Gasteiger partial charge in [0.25, 0.3) is 15.9 Å². The average molecular weight is 626 g/mol. The third-order valence-electron chi connectivity index (χ3n) is 6.85. The fourth-order valence-corrected chi connectivity index (χ4v) is 5.89. The molecule has 1 aromatic carbocycles. The zero-order valence-corrected chi connectivity index (χ0v) is 24.7. The number of hydrogen-bond acceptors (Lipinski definition) is 11. The number of rotatable bonds is 8. The molecule has 0 atom stereocenters. The van der Waals surface area contributed by atoms with Gasteiger partial charge in [0.05, 0.1) is 42.0 Å². The van der Waals surface area contributed by atoms with Crippen molar-refractivity contribution >= 4 is 61.8 Å². The summed E-state index contributed by atoms with van der Waals surface area (Å²) in [5.41, 5.74) is -0.119. The smallest absolute Gasteiger partial charge is 0.329 e. The molecule has 224 valence electrons. The molecule has 3 aromatic heterocycles. The first-order valence-corrected chi connectivity index (χ1v) is 15.0. The van der Waals surface area contributed by atoms with Gasteiger partial charge in [-0.3, -0.25) is 14.4 Å². The fourth-order valence-electron chi connectivity index (χ4n) is 4.58. The van der Waals surface area contributed by atoms with Crippen LogP contribution in [0.25, 0.3) is 11.0 Å². The van der Waals surface area contributed by atoms with Crippen molar-refractivity contribution in [1.82, 2.24) is 29.4 Å². The van der Waals surface area contributed by atoms with Crippen LogP contribution in [0.4, 0.5) is 17.5 Å². The number of aromatic nitrogens is 5. The number of carboxylic acid groups (broad SMARTS) is 1. The molecule has 0 amide bonds. The summed E-state index contributed by atoms with van der Waals surface area (Å²) >= 11 is 5.60. The molecular weight excluding hydrogens is 598 g/mol. The number of carbonyl (C=O) groups is 1. The zero-order valence-electron chi connectivity index (χ0n) is 23.1. The lowest BCUT2D eigenvalue weighted by molar-refractivity contribution is -0.842. The maximum absolute atomic E-state index is 12.8. The zero-order chi connectivity index (χ0) is 30.7. The summed E-state index contributed by atoms with van der Waals surface area (Å²) in [6, 6.07) is 6.11. The number of carbonyl (C=O) groups excluding carboxylic acids is 1. The highest BCUT2D eigenvalue weighted by Gasteiger charge is 2.26. The van der Waals surface area contributed by atoms with Gasteiger partial charge in [0, 0.05) is 37.0 Å². The van der Waals surface area contributed by atoms with Gasteiger partial charge in [0.1, 0.15) is 13.1 Å². The van der Waals surface area contributed by atoms with Crippen molar-refractivity contribution in [2.45, 2.75) is 18.4 Å². The lowest BCUT2D eigenvalue weighted by Gasteiger charge is -2.32. The third kappa shape index (κ3) is 6.23. The number of benzene rings is 1. The van der Waals surface area contributed by atoms with E-state index in [1.807, 2.05) is 11.8 Å². The number of nitrogens with one attached hydrogen (secondary N) is 3.